The number of pyridine rings is 1. The number of rotatable bonds is 9. The topological polar surface area (TPSA) is 102 Å². The lowest BCUT2D eigenvalue weighted by Crippen LogP contribution is -2.39. The first kappa shape index (κ1) is 28.2. The minimum absolute atomic E-state index is 0.124. The van der Waals surface area contributed by atoms with Gasteiger partial charge in [0.1, 0.15) is 5.60 Å². The number of nitrogens with one attached hydrogen (secondary N) is 1. The molecule has 2 aliphatic heterocycles. The number of fused-ring (bicyclic) bond motifs is 1. The Hall–Kier alpha value is -3.79. The Kier molecular flexibility index (Phi) is 8.64. The molecule has 10 heteroatoms. The van der Waals surface area contributed by atoms with Crippen LogP contribution in [0.4, 0.5) is 0 Å². The summed E-state index contributed by atoms with van der Waals surface area (Å²) in [5.74, 6) is 0.517. The predicted molar refractivity (Wildman–Crippen MR) is 151 cm³/mol. The second-order valence-corrected chi connectivity index (χ2v) is 10.9. The average Bonchev–Trinajstić information content (AvgIpc) is 3.28. The molecule has 0 saturated carbocycles. The lowest BCUT2D eigenvalue weighted by Gasteiger charge is -2.37. The zero-order valence-corrected chi connectivity index (χ0v) is 23.9. The van der Waals surface area contributed by atoms with Crippen LogP contribution in [0.1, 0.15) is 51.4 Å². The van der Waals surface area contributed by atoms with E-state index in [1.807, 2.05) is 61.4 Å². The number of esters is 1. The number of aromatic nitrogens is 1. The summed E-state index contributed by atoms with van der Waals surface area (Å²) in [5.41, 5.74) is 2.71. The molecule has 0 spiro atoms. The first-order valence-corrected chi connectivity index (χ1v) is 13.6. The molecular weight excluding hydrogens is 516 g/mol. The van der Waals surface area contributed by atoms with E-state index in [9.17, 15) is 9.59 Å². The van der Waals surface area contributed by atoms with Crippen molar-refractivity contribution in [1.29, 1.82) is 0 Å². The van der Waals surface area contributed by atoms with Crippen LogP contribution >= 0.6 is 11.8 Å². The van der Waals surface area contributed by atoms with Crippen molar-refractivity contribution in [3.63, 3.8) is 0 Å². The van der Waals surface area contributed by atoms with Gasteiger partial charge in [-0.05, 0) is 62.9 Å². The highest BCUT2D eigenvalue weighted by Crippen LogP contribution is 2.46. The molecule has 1 aromatic carbocycles. The number of carbonyl (C=O) groups is 2. The lowest BCUT2D eigenvalue weighted by atomic mass is 9.93. The van der Waals surface area contributed by atoms with E-state index >= 15 is 0 Å². The van der Waals surface area contributed by atoms with Gasteiger partial charge in [-0.2, -0.15) is 0 Å². The number of nitrogens with zero attached hydrogens (tertiary/aromatic N) is 3. The summed E-state index contributed by atoms with van der Waals surface area (Å²) in [5, 5.41) is 5.58. The van der Waals surface area contributed by atoms with Gasteiger partial charge in [-0.25, -0.2) is 9.79 Å². The summed E-state index contributed by atoms with van der Waals surface area (Å²) < 4.78 is 16.8. The number of methoxy groups -OCH3 is 2. The van der Waals surface area contributed by atoms with E-state index in [0.717, 1.165) is 17.0 Å². The first-order valence-electron chi connectivity index (χ1n) is 12.7. The van der Waals surface area contributed by atoms with Crippen molar-refractivity contribution in [1.82, 2.24) is 15.2 Å². The zero-order valence-electron chi connectivity index (χ0n) is 23.1. The Bertz CT molecular complexity index is 1330. The SMILES string of the molecule is COc1ccc([C@H]2C(C(=O)OC(C)(C)C)=C(C)N=C3SC=C(CC(=O)NCCc4ccccn4)N32)cc1OC. The summed E-state index contributed by atoms with van der Waals surface area (Å²) >= 11 is 1.43. The van der Waals surface area contributed by atoms with Gasteiger partial charge >= 0.3 is 5.97 Å². The smallest absolute Gasteiger partial charge is 0.338 e. The van der Waals surface area contributed by atoms with Crippen LogP contribution in [0.15, 0.2) is 70.0 Å². The largest absolute Gasteiger partial charge is 0.493 e. The molecule has 39 heavy (non-hydrogen) atoms. The Morgan fingerprint density at radius 2 is 1.87 bits per heavy atom. The van der Waals surface area contributed by atoms with Gasteiger partial charge < -0.3 is 24.4 Å². The van der Waals surface area contributed by atoms with Crippen molar-refractivity contribution in [2.45, 2.75) is 52.2 Å². The second-order valence-electron chi connectivity index (χ2n) is 10.1. The highest BCUT2D eigenvalue weighted by atomic mass is 32.2. The van der Waals surface area contributed by atoms with Crippen molar-refractivity contribution < 1.29 is 23.8 Å². The van der Waals surface area contributed by atoms with E-state index in [1.54, 1.807) is 33.4 Å². The molecule has 0 unspecified atom stereocenters. The lowest BCUT2D eigenvalue weighted by molar-refractivity contribution is -0.150. The van der Waals surface area contributed by atoms with Crippen LogP contribution in [-0.4, -0.2) is 53.3 Å². The highest BCUT2D eigenvalue weighted by Gasteiger charge is 2.42. The fourth-order valence-corrected chi connectivity index (χ4v) is 5.37. The van der Waals surface area contributed by atoms with Crippen LogP contribution in [0, 0.1) is 0 Å². The van der Waals surface area contributed by atoms with Crippen LogP contribution < -0.4 is 14.8 Å². The molecule has 0 bridgehead atoms. The molecule has 9 nitrogen and oxygen atoms in total. The Balaban J connectivity index is 1.63. The molecule has 1 atom stereocenters. The summed E-state index contributed by atoms with van der Waals surface area (Å²) in [6.07, 6.45) is 2.50. The number of thioether (sulfide) groups is 1. The van der Waals surface area contributed by atoms with E-state index in [0.29, 0.717) is 40.9 Å². The van der Waals surface area contributed by atoms with Crippen molar-refractivity contribution in [3.05, 3.63) is 76.2 Å². The van der Waals surface area contributed by atoms with Gasteiger partial charge in [-0.1, -0.05) is 23.9 Å². The van der Waals surface area contributed by atoms with Gasteiger partial charge in [-0.15, -0.1) is 0 Å². The van der Waals surface area contributed by atoms with Crippen LogP contribution in [0.25, 0.3) is 0 Å². The Labute approximate surface area is 233 Å². The second kappa shape index (κ2) is 11.9. The van der Waals surface area contributed by atoms with Crippen molar-refractivity contribution in [3.8, 4) is 11.5 Å². The van der Waals surface area contributed by atoms with E-state index in [2.05, 4.69) is 10.3 Å². The van der Waals surface area contributed by atoms with Crippen molar-refractivity contribution >= 4 is 28.8 Å². The Morgan fingerprint density at radius 1 is 1.10 bits per heavy atom. The summed E-state index contributed by atoms with van der Waals surface area (Å²) in [6, 6.07) is 10.7. The maximum atomic E-state index is 13.5. The summed E-state index contributed by atoms with van der Waals surface area (Å²) in [4.78, 5) is 37.5. The fourth-order valence-electron chi connectivity index (χ4n) is 4.41. The van der Waals surface area contributed by atoms with Crippen molar-refractivity contribution in [2.75, 3.05) is 20.8 Å². The number of benzene rings is 1. The molecule has 2 aliphatic rings. The number of hydrogen-bond donors (Lipinski definition) is 1. The van der Waals surface area contributed by atoms with E-state index in [-0.39, 0.29) is 12.3 Å². The number of carbonyl (C=O) groups excluding carboxylic acids is 2. The summed E-state index contributed by atoms with van der Waals surface area (Å²) in [7, 11) is 3.14. The van der Waals surface area contributed by atoms with Crippen LogP contribution in [0.3, 0.4) is 0 Å². The molecule has 206 valence electrons. The maximum Gasteiger partial charge on any atom is 0.338 e. The fraction of sp³-hybridized carbons (Fsp3) is 0.379. The van der Waals surface area contributed by atoms with E-state index in [1.165, 1.54) is 11.8 Å². The predicted octanol–water partition coefficient (Wildman–Crippen LogP) is 4.76. The zero-order chi connectivity index (χ0) is 28.2. The van der Waals surface area contributed by atoms with Crippen molar-refractivity contribution in [2.24, 2.45) is 4.99 Å². The van der Waals surface area contributed by atoms with Crippen LogP contribution in [0.5, 0.6) is 11.5 Å². The van der Waals surface area contributed by atoms with Gasteiger partial charge in [-0.3, -0.25) is 9.78 Å². The van der Waals surface area contributed by atoms with Gasteiger partial charge in [0, 0.05) is 30.6 Å². The number of amidine groups is 1. The molecule has 1 amide bonds. The normalized spacial score (nSPS) is 16.8. The number of amides is 1. The minimum Gasteiger partial charge on any atom is -0.493 e. The van der Waals surface area contributed by atoms with Gasteiger partial charge in [0.05, 0.1) is 38.0 Å². The van der Waals surface area contributed by atoms with Gasteiger partial charge in [0.25, 0.3) is 0 Å². The monoisotopic (exact) mass is 550 g/mol. The molecule has 0 aliphatic carbocycles. The standard InChI is InChI=1S/C29H34N4O5S/c1-18-25(27(35)38-29(2,3)4)26(19-10-11-22(36-5)23(15-19)37-6)33-21(17-39-28(33)32-18)16-24(34)31-14-12-20-9-7-8-13-30-20/h7-11,13,15,17,26H,12,14,16H2,1-6H3,(H,31,34)/t26-/m0/s1. The molecule has 0 radical (unpaired) electrons. The van der Waals surface area contributed by atoms with Crippen LogP contribution in [0.2, 0.25) is 0 Å². The molecule has 3 heterocycles. The highest BCUT2D eigenvalue weighted by molar-refractivity contribution is 8.16. The quantitative estimate of drug-likeness (QED) is 0.446. The molecular formula is C29H34N4O5S. The summed E-state index contributed by atoms with van der Waals surface area (Å²) in [6.45, 7) is 7.76. The third-order valence-electron chi connectivity index (χ3n) is 6.11. The number of ether oxygens (including phenoxy) is 3. The first-order chi connectivity index (χ1) is 18.6. The molecule has 0 fully saturated rings. The number of hydrogen-bond acceptors (Lipinski definition) is 9. The number of allylic oxidation sites excluding steroid dienone is 1. The molecule has 2 aromatic rings. The van der Waals surface area contributed by atoms with E-state index < -0.39 is 17.6 Å². The third kappa shape index (κ3) is 6.62. The average molecular weight is 551 g/mol. The number of aliphatic imine (C=N–C) groups is 1. The maximum absolute atomic E-state index is 13.5. The van der Waals surface area contributed by atoms with Crippen LogP contribution in [-0.2, 0) is 20.7 Å². The molecule has 1 aromatic heterocycles. The third-order valence-corrected chi connectivity index (χ3v) is 7.00. The minimum atomic E-state index is -0.692. The Morgan fingerprint density at radius 3 is 2.54 bits per heavy atom. The van der Waals surface area contributed by atoms with Gasteiger partial charge in [0.2, 0.25) is 5.91 Å². The molecule has 4 rings (SSSR count). The molecule has 1 N–H and O–H groups in total. The molecule has 0 saturated heterocycles. The van der Waals surface area contributed by atoms with Gasteiger partial charge in [0.15, 0.2) is 16.7 Å². The van der Waals surface area contributed by atoms with E-state index in [4.69, 9.17) is 19.2 Å².